The fourth-order valence-corrected chi connectivity index (χ4v) is 2.00. The Balaban J connectivity index is 1.77. The van der Waals surface area contributed by atoms with Gasteiger partial charge < -0.3 is 10.6 Å². The van der Waals surface area contributed by atoms with Crippen molar-refractivity contribution in [2.24, 2.45) is 0 Å². The third-order valence-electron chi connectivity index (χ3n) is 3.35. The monoisotopic (exact) mass is 327 g/mol. The highest BCUT2D eigenvalue weighted by molar-refractivity contribution is 5.95. The van der Waals surface area contributed by atoms with Gasteiger partial charge in [-0.15, -0.1) is 0 Å². The Morgan fingerprint density at radius 3 is 1.71 bits per heavy atom. The molecule has 0 heterocycles. The van der Waals surface area contributed by atoms with E-state index in [0.717, 1.165) is 5.56 Å². The molecule has 0 spiro atoms. The first kappa shape index (κ1) is 17.1. The number of nitrogens with zero attached hydrogens (tertiary/aromatic N) is 1. The molecule has 2 aromatic carbocycles. The highest BCUT2D eigenvalue weighted by Crippen LogP contribution is 2.11. The highest BCUT2D eigenvalue weighted by atomic mass is 16.6. The van der Waals surface area contributed by atoms with Gasteiger partial charge in [-0.1, -0.05) is 17.7 Å². The van der Waals surface area contributed by atoms with Crippen molar-refractivity contribution < 1.29 is 14.5 Å². The summed E-state index contributed by atoms with van der Waals surface area (Å²) in [7, 11) is 0. The molecule has 0 aliphatic heterocycles. The van der Waals surface area contributed by atoms with Crippen LogP contribution in [0.5, 0.6) is 0 Å². The summed E-state index contributed by atoms with van der Waals surface area (Å²) in [5.41, 5.74) is 1.88. The van der Waals surface area contributed by atoms with Crippen LogP contribution >= 0.6 is 0 Å². The van der Waals surface area contributed by atoms with Gasteiger partial charge >= 0.3 is 0 Å². The number of carbonyl (C=O) groups excluding carboxylic acids is 2. The third-order valence-corrected chi connectivity index (χ3v) is 3.35. The lowest BCUT2D eigenvalue weighted by molar-refractivity contribution is -0.384. The van der Waals surface area contributed by atoms with E-state index >= 15 is 0 Å². The molecule has 0 aromatic heterocycles. The summed E-state index contributed by atoms with van der Waals surface area (Å²) in [6.07, 6.45) is 0. The van der Waals surface area contributed by atoms with E-state index in [2.05, 4.69) is 10.6 Å². The summed E-state index contributed by atoms with van der Waals surface area (Å²) in [4.78, 5) is 33.8. The van der Waals surface area contributed by atoms with Gasteiger partial charge in [0.2, 0.25) is 0 Å². The molecule has 2 rings (SSSR count). The summed E-state index contributed by atoms with van der Waals surface area (Å²) in [6, 6.07) is 12.5. The number of nitro groups is 1. The van der Waals surface area contributed by atoms with Crippen molar-refractivity contribution in [2.45, 2.75) is 6.92 Å². The number of hydrogen-bond donors (Lipinski definition) is 2. The van der Waals surface area contributed by atoms with Crippen LogP contribution in [-0.2, 0) is 0 Å². The van der Waals surface area contributed by atoms with Crippen LogP contribution in [0.4, 0.5) is 5.69 Å². The fourth-order valence-electron chi connectivity index (χ4n) is 2.00. The minimum atomic E-state index is -0.526. The Labute approximate surface area is 138 Å². The number of nitro benzene ring substituents is 1. The molecule has 2 N–H and O–H groups in total. The summed E-state index contributed by atoms with van der Waals surface area (Å²) >= 11 is 0. The van der Waals surface area contributed by atoms with Crippen LogP contribution in [0.2, 0.25) is 0 Å². The standard InChI is InChI=1S/C17H17N3O4/c1-12-2-4-13(5-3-12)16(21)18-10-11-19-17(22)14-6-8-15(9-7-14)20(23)24/h2-9H,10-11H2,1H3,(H,18,21)(H,19,22). The minimum Gasteiger partial charge on any atom is -0.350 e. The summed E-state index contributed by atoms with van der Waals surface area (Å²) in [5, 5.41) is 15.9. The maximum Gasteiger partial charge on any atom is 0.269 e. The first-order chi connectivity index (χ1) is 11.5. The molecule has 0 bridgehead atoms. The van der Waals surface area contributed by atoms with Crippen LogP contribution in [0.25, 0.3) is 0 Å². The number of nitrogens with one attached hydrogen (secondary N) is 2. The van der Waals surface area contributed by atoms with E-state index in [4.69, 9.17) is 0 Å². The van der Waals surface area contributed by atoms with E-state index < -0.39 is 4.92 Å². The van der Waals surface area contributed by atoms with Crippen LogP contribution in [0, 0.1) is 17.0 Å². The fraction of sp³-hybridized carbons (Fsp3) is 0.176. The van der Waals surface area contributed by atoms with Crippen molar-refractivity contribution in [3.05, 3.63) is 75.3 Å². The number of aryl methyl sites for hydroxylation is 1. The number of carbonyl (C=O) groups is 2. The van der Waals surface area contributed by atoms with E-state index in [1.54, 1.807) is 12.1 Å². The summed E-state index contributed by atoms with van der Waals surface area (Å²) in [5.74, 6) is -0.561. The molecule has 24 heavy (non-hydrogen) atoms. The first-order valence-corrected chi connectivity index (χ1v) is 7.35. The molecule has 2 aromatic rings. The number of benzene rings is 2. The Hall–Kier alpha value is -3.22. The predicted octanol–water partition coefficient (Wildman–Crippen LogP) is 2.06. The van der Waals surface area contributed by atoms with Crippen molar-refractivity contribution in [3.8, 4) is 0 Å². The van der Waals surface area contributed by atoms with Gasteiger partial charge in [-0.25, -0.2) is 0 Å². The Morgan fingerprint density at radius 1 is 0.875 bits per heavy atom. The molecule has 0 saturated heterocycles. The number of non-ortho nitro benzene ring substituents is 1. The Kier molecular flexibility index (Phi) is 5.62. The topological polar surface area (TPSA) is 101 Å². The van der Waals surface area contributed by atoms with Crippen LogP contribution in [0.15, 0.2) is 48.5 Å². The van der Waals surface area contributed by atoms with Crippen molar-refractivity contribution in [3.63, 3.8) is 0 Å². The summed E-state index contributed by atoms with van der Waals surface area (Å²) in [6.45, 7) is 2.48. The van der Waals surface area contributed by atoms with E-state index in [1.165, 1.54) is 24.3 Å². The largest absolute Gasteiger partial charge is 0.350 e. The van der Waals surface area contributed by atoms with E-state index in [0.29, 0.717) is 11.1 Å². The molecule has 0 saturated carbocycles. The minimum absolute atomic E-state index is 0.0723. The molecule has 2 amide bonds. The Morgan fingerprint density at radius 2 is 1.29 bits per heavy atom. The van der Waals surface area contributed by atoms with Crippen molar-refractivity contribution in [1.82, 2.24) is 10.6 Å². The highest BCUT2D eigenvalue weighted by Gasteiger charge is 2.09. The normalized spacial score (nSPS) is 10.0. The van der Waals surface area contributed by atoms with Gasteiger partial charge in [0.25, 0.3) is 17.5 Å². The molecule has 0 aliphatic rings. The van der Waals surface area contributed by atoms with Crippen molar-refractivity contribution in [2.75, 3.05) is 13.1 Å². The lowest BCUT2D eigenvalue weighted by Crippen LogP contribution is -2.34. The molecule has 7 heteroatoms. The lowest BCUT2D eigenvalue weighted by Gasteiger charge is -2.07. The zero-order chi connectivity index (χ0) is 17.5. The molecule has 0 unspecified atom stereocenters. The number of rotatable bonds is 6. The van der Waals surface area contributed by atoms with Crippen LogP contribution in [0.1, 0.15) is 26.3 Å². The SMILES string of the molecule is Cc1ccc(C(=O)NCCNC(=O)c2ccc([N+](=O)[O-])cc2)cc1. The first-order valence-electron chi connectivity index (χ1n) is 7.35. The Bertz CT molecular complexity index is 739. The maximum atomic E-state index is 11.9. The lowest BCUT2D eigenvalue weighted by atomic mass is 10.1. The van der Waals surface area contributed by atoms with Gasteiger partial charge in [0.1, 0.15) is 0 Å². The van der Waals surface area contributed by atoms with Gasteiger partial charge in [0.15, 0.2) is 0 Å². The maximum absolute atomic E-state index is 11.9. The molecule has 0 atom stereocenters. The van der Waals surface area contributed by atoms with Crippen LogP contribution in [0.3, 0.4) is 0 Å². The zero-order valence-electron chi connectivity index (χ0n) is 13.1. The molecular weight excluding hydrogens is 310 g/mol. The second kappa shape index (κ2) is 7.87. The van der Waals surface area contributed by atoms with Crippen molar-refractivity contribution >= 4 is 17.5 Å². The van der Waals surface area contributed by atoms with Gasteiger partial charge in [-0.2, -0.15) is 0 Å². The molecule has 0 fully saturated rings. The molecule has 0 radical (unpaired) electrons. The quantitative estimate of drug-likeness (QED) is 0.482. The molecule has 0 aliphatic carbocycles. The average Bonchev–Trinajstić information content (AvgIpc) is 2.59. The second-order valence-corrected chi connectivity index (χ2v) is 5.18. The van der Waals surface area contributed by atoms with Crippen LogP contribution in [-0.4, -0.2) is 29.8 Å². The second-order valence-electron chi connectivity index (χ2n) is 5.18. The zero-order valence-corrected chi connectivity index (χ0v) is 13.1. The van der Waals surface area contributed by atoms with Gasteiger partial charge in [-0.05, 0) is 31.2 Å². The van der Waals surface area contributed by atoms with E-state index in [-0.39, 0.29) is 30.6 Å². The van der Waals surface area contributed by atoms with E-state index in [1.807, 2.05) is 19.1 Å². The van der Waals surface area contributed by atoms with E-state index in [9.17, 15) is 19.7 Å². The van der Waals surface area contributed by atoms with Gasteiger partial charge in [0.05, 0.1) is 4.92 Å². The number of hydrogen-bond acceptors (Lipinski definition) is 4. The van der Waals surface area contributed by atoms with Gasteiger partial charge in [-0.3, -0.25) is 19.7 Å². The molecule has 7 nitrogen and oxygen atoms in total. The predicted molar refractivity (Wildman–Crippen MR) is 88.9 cm³/mol. The average molecular weight is 327 g/mol. The molecule has 124 valence electrons. The number of amides is 2. The van der Waals surface area contributed by atoms with Gasteiger partial charge in [0, 0.05) is 36.3 Å². The summed E-state index contributed by atoms with van der Waals surface area (Å²) < 4.78 is 0. The smallest absolute Gasteiger partial charge is 0.269 e. The van der Waals surface area contributed by atoms with Crippen LogP contribution < -0.4 is 10.6 Å². The molecular formula is C17H17N3O4. The van der Waals surface area contributed by atoms with Crippen molar-refractivity contribution in [1.29, 1.82) is 0 Å². The third kappa shape index (κ3) is 4.64.